The van der Waals surface area contributed by atoms with E-state index in [1.807, 2.05) is 30.2 Å². The minimum absolute atomic E-state index is 0.261. The lowest BCUT2D eigenvalue weighted by Gasteiger charge is -2.17. The van der Waals surface area contributed by atoms with Gasteiger partial charge in [0.05, 0.1) is 6.33 Å². The highest BCUT2D eigenvalue weighted by Crippen LogP contribution is 2.14. The topological polar surface area (TPSA) is 67.7 Å². The molecule has 2 aromatic rings. The number of aryl methyl sites for hydroxylation is 1. The predicted octanol–water partition coefficient (Wildman–Crippen LogP) is 2.30. The monoisotopic (exact) mass is 274 g/mol. The highest BCUT2D eigenvalue weighted by molar-refractivity contribution is 5.46. The average molecular weight is 274 g/mol. The van der Waals surface area contributed by atoms with Crippen LogP contribution < -0.4 is 10.6 Å². The summed E-state index contributed by atoms with van der Waals surface area (Å²) < 4.78 is 2.05. The molecule has 6 heteroatoms. The number of aromatic nitrogens is 4. The van der Waals surface area contributed by atoms with E-state index < -0.39 is 0 Å². The molecule has 2 heterocycles. The number of nitrogens with zero attached hydrogens (tertiary/aromatic N) is 4. The van der Waals surface area contributed by atoms with E-state index >= 15 is 0 Å². The van der Waals surface area contributed by atoms with Crippen molar-refractivity contribution in [1.29, 1.82) is 0 Å². The number of imidazole rings is 1. The first-order valence-electron chi connectivity index (χ1n) is 6.98. The van der Waals surface area contributed by atoms with E-state index in [0.29, 0.717) is 5.95 Å². The fourth-order valence-electron chi connectivity index (χ4n) is 1.90. The van der Waals surface area contributed by atoms with Crippen LogP contribution in [0, 0.1) is 6.92 Å². The first-order chi connectivity index (χ1) is 9.69. The Morgan fingerprint density at radius 3 is 2.95 bits per heavy atom. The van der Waals surface area contributed by atoms with Gasteiger partial charge >= 0.3 is 0 Å². The van der Waals surface area contributed by atoms with E-state index in [2.05, 4.69) is 39.4 Å². The van der Waals surface area contributed by atoms with Crippen molar-refractivity contribution in [2.24, 2.45) is 0 Å². The maximum Gasteiger partial charge on any atom is 0.224 e. The van der Waals surface area contributed by atoms with Gasteiger partial charge in [-0.25, -0.2) is 9.97 Å². The van der Waals surface area contributed by atoms with Gasteiger partial charge in [0.25, 0.3) is 0 Å². The Kier molecular flexibility index (Phi) is 4.92. The number of nitrogens with one attached hydrogen (secondary N) is 2. The van der Waals surface area contributed by atoms with E-state index in [4.69, 9.17) is 0 Å². The van der Waals surface area contributed by atoms with Crippen LogP contribution in [0.25, 0.3) is 0 Å². The number of anilines is 2. The van der Waals surface area contributed by atoms with Crippen LogP contribution in [-0.2, 0) is 6.54 Å². The molecular formula is C14H22N6. The molecule has 0 saturated heterocycles. The maximum absolute atomic E-state index is 4.52. The van der Waals surface area contributed by atoms with Crippen LogP contribution in [0.1, 0.15) is 25.8 Å². The van der Waals surface area contributed by atoms with Crippen LogP contribution >= 0.6 is 0 Å². The Morgan fingerprint density at radius 2 is 2.25 bits per heavy atom. The molecule has 0 radical (unpaired) electrons. The van der Waals surface area contributed by atoms with Crippen molar-refractivity contribution in [3.05, 3.63) is 30.5 Å². The third-order valence-electron chi connectivity index (χ3n) is 2.93. The molecular weight excluding hydrogens is 252 g/mol. The maximum atomic E-state index is 4.52. The molecule has 0 aromatic carbocycles. The van der Waals surface area contributed by atoms with Gasteiger partial charge in [0.15, 0.2) is 0 Å². The Labute approximate surface area is 119 Å². The SMILES string of the molecule is CCCNc1ncc(C)c(NC(C)Cn2ccnc2)n1. The van der Waals surface area contributed by atoms with Gasteiger partial charge in [-0.05, 0) is 20.3 Å². The van der Waals surface area contributed by atoms with E-state index in [9.17, 15) is 0 Å². The summed E-state index contributed by atoms with van der Waals surface area (Å²) >= 11 is 0. The van der Waals surface area contributed by atoms with E-state index in [1.54, 1.807) is 6.20 Å². The molecule has 1 unspecified atom stereocenters. The van der Waals surface area contributed by atoms with Crippen LogP contribution in [0.15, 0.2) is 24.9 Å². The molecule has 0 aliphatic carbocycles. The zero-order valence-electron chi connectivity index (χ0n) is 12.3. The Hall–Kier alpha value is -2.11. The summed E-state index contributed by atoms with van der Waals surface area (Å²) in [5.74, 6) is 1.56. The number of rotatable bonds is 7. The van der Waals surface area contributed by atoms with Crippen LogP contribution in [0.2, 0.25) is 0 Å². The summed E-state index contributed by atoms with van der Waals surface area (Å²) in [6.45, 7) is 7.98. The van der Waals surface area contributed by atoms with Crippen molar-refractivity contribution in [3.8, 4) is 0 Å². The quantitative estimate of drug-likeness (QED) is 0.811. The molecule has 0 amide bonds. The summed E-state index contributed by atoms with van der Waals surface area (Å²) in [5.41, 5.74) is 1.05. The molecule has 2 aromatic heterocycles. The lowest BCUT2D eigenvalue weighted by molar-refractivity contribution is 0.616. The highest BCUT2D eigenvalue weighted by Gasteiger charge is 2.08. The van der Waals surface area contributed by atoms with Crippen molar-refractivity contribution < 1.29 is 0 Å². The molecule has 2 N–H and O–H groups in total. The molecule has 0 saturated carbocycles. The zero-order chi connectivity index (χ0) is 14.4. The van der Waals surface area contributed by atoms with Crippen molar-refractivity contribution in [3.63, 3.8) is 0 Å². The van der Waals surface area contributed by atoms with Gasteiger partial charge in [0.1, 0.15) is 5.82 Å². The van der Waals surface area contributed by atoms with Gasteiger partial charge in [0.2, 0.25) is 5.95 Å². The first kappa shape index (κ1) is 14.3. The van der Waals surface area contributed by atoms with Crippen molar-refractivity contribution in [2.45, 2.75) is 39.8 Å². The molecule has 108 valence electrons. The Bertz CT molecular complexity index is 522. The minimum Gasteiger partial charge on any atom is -0.365 e. The summed E-state index contributed by atoms with van der Waals surface area (Å²) in [6, 6.07) is 0.261. The fraction of sp³-hybridized carbons (Fsp3) is 0.500. The normalized spacial score (nSPS) is 12.2. The van der Waals surface area contributed by atoms with Crippen LogP contribution in [0.5, 0.6) is 0 Å². The second-order valence-electron chi connectivity index (χ2n) is 4.96. The highest BCUT2D eigenvalue weighted by atomic mass is 15.2. The van der Waals surface area contributed by atoms with Gasteiger partial charge in [-0.3, -0.25) is 0 Å². The van der Waals surface area contributed by atoms with Crippen LogP contribution in [-0.4, -0.2) is 32.1 Å². The molecule has 0 aliphatic rings. The zero-order valence-corrected chi connectivity index (χ0v) is 12.3. The second-order valence-corrected chi connectivity index (χ2v) is 4.96. The molecule has 0 spiro atoms. The summed E-state index contributed by atoms with van der Waals surface area (Å²) in [5, 5.41) is 6.63. The van der Waals surface area contributed by atoms with E-state index in [0.717, 1.165) is 30.9 Å². The molecule has 0 bridgehead atoms. The van der Waals surface area contributed by atoms with Crippen molar-refractivity contribution in [2.75, 3.05) is 17.2 Å². The summed E-state index contributed by atoms with van der Waals surface area (Å²) in [6.07, 6.45) is 8.46. The van der Waals surface area contributed by atoms with Gasteiger partial charge in [-0.1, -0.05) is 6.92 Å². The minimum atomic E-state index is 0.261. The number of hydrogen-bond donors (Lipinski definition) is 2. The molecule has 0 aliphatic heterocycles. The van der Waals surface area contributed by atoms with Crippen molar-refractivity contribution >= 4 is 11.8 Å². The fourth-order valence-corrected chi connectivity index (χ4v) is 1.90. The Morgan fingerprint density at radius 1 is 1.40 bits per heavy atom. The van der Waals surface area contributed by atoms with Crippen LogP contribution in [0.4, 0.5) is 11.8 Å². The molecule has 2 rings (SSSR count). The predicted molar refractivity (Wildman–Crippen MR) is 80.9 cm³/mol. The van der Waals surface area contributed by atoms with Gasteiger partial charge in [-0.15, -0.1) is 0 Å². The van der Waals surface area contributed by atoms with Gasteiger partial charge in [0, 0.05) is 43.3 Å². The van der Waals surface area contributed by atoms with Gasteiger partial charge in [-0.2, -0.15) is 4.98 Å². The smallest absolute Gasteiger partial charge is 0.224 e. The van der Waals surface area contributed by atoms with E-state index in [-0.39, 0.29) is 6.04 Å². The summed E-state index contributed by atoms with van der Waals surface area (Å²) in [4.78, 5) is 12.9. The third-order valence-corrected chi connectivity index (χ3v) is 2.93. The lowest BCUT2D eigenvalue weighted by Crippen LogP contribution is -2.23. The molecule has 1 atom stereocenters. The first-order valence-corrected chi connectivity index (χ1v) is 6.98. The van der Waals surface area contributed by atoms with Crippen LogP contribution in [0.3, 0.4) is 0 Å². The second kappa shape index (κ2) is 6.88. The molecule has 0 fully saturated rings. The lowest BCUT2D eigenvalue weighted by atomic mass is 10.3. The Balaban J connectivity index is 2.00. The largest absolute Gasteiger partial charge is 0.365 e. The third kappa shape index (κ3) is 3.94. The average Bonchev–Trinajstić information content (AvgIpc) is 2.92. The standard InChI is InChI=1S/C14H22N6/c1-4-5-16-14-17-8-11(2)13(19-14)18-12(3)9-20-7-6-15-10-20/h6-8,10,12H,4-5,9H2,1-3H3,(H2,16,17,18,19). The molecule has 20 heavy (non-hydrogen) atoms. The number of hydrogen-bond acceptors (Lipinski definition) is 5. The van der Waals surface area contributed by atoms with Crippen molar-refractivity contribution in [1.82, 2.24) is 19.5 Å². The summed E-state index contributed by atoms with van der Waals surface area (Å²) in [7, 11) is 0. The van der Waals surface area contributed by atoms with E-state index in [1.165, 1.54) is 0 Å². The van der Waals surface area contributed by atoms with Gasteiger partial charge < -0.3 is 15.2 Å². The molecule has 6 nitrogen and oxygen atoms in total.